The van der Waals surface area contributed by atoms with Gasteiger partial charge in [0.05, 0.1) is 13.2 Å². The summed E-state index contributed by atoms with van der Waals surface area (Å²) >= 11 is 0. The van der Waals surface area contributed by atoms with Crippen LogP contribution in [0.2, 0.25) is 0 Å². The van der Waals surface area contributed by atoms with Gasteiger partial charge in [0.25, 0.3) is 0 Å². The summed E-state index contributed by atoms with van der Waals surface area (Å²) in [5.41, 5.74) is 2.37. The summed E-state index contributed by atoms with van der Waals surface area (Å²) in [4.78, 5) is 2.20. The van der Waals surface area contributed by atoms with E-state index in [9.17, 15) is 5.11 Å². The van der Waals surface area contributed by atoms with E-state index in [2.05, 4.69) is 43.1 Å². The summed E-state index contributed by atoms with van der Waals surface area (Å²) in [6, 6.07) is 8.47. The van der Waals surface area contributed by atoms with Crippen LogP contribution in [0, 0.1) is 12.3 Å². The Balaban J connectivity index is 2.05. The van der Waals surface area contributed by atoms with Crippen LogP contribution in [0.15, 0.2) is 24.3 Å². The first-order valence-electron chi connectivity index (χ1n) is 6.12. The molecule has 0 spiro atoms. The second-order valence-electron chi connectivity index (χ2n) is 5.15. The molecule has 3 nitrogen and oxygen atoms in total. The molecule has 0 radical (unpaired) electrons. The monoisotopic (exact) mass is 235 g/mol. The number of aliphatic hydroxyl groups is 1. The number of benzene rings is 1. The van der Waals surface area contributed by atoms with Crippen LogP contribution in [0.25, 0.3) is 0 Å². The van der Waals surface area contributed by atoms with Crippen molar-refractivity contribution < 1.29 is 9.84 Å². The minimum atomic E-state index is -0.0837. The van der Waals surface area contributed by atoms with Crippen LogP contribution in [-0.2, 0) is 4.74 Å². The van der Waals surface area contributed by atoms with Crippen LogP contribution in [0.1, 0.15) is 12.0 Å². The zero-order chi connectivity index (χ0) is 12.3. The average molecular weight is 235 g/mol. The molecule has 94 valence electrons. The predicted octanol–water partition coefficient (Wildman–Crippen LogP) is 1.83. The Morgan fingerprint density at radius 1 is 1.35 bits per heavy atom. The van der Waals surface area contributed by atoms with E-state index in [1.54, 1.807) is 0 Å². The molecule has 1 N–H and O–H groups in total. The summed E-state index contributed by atoms with van der Waals surface area (Å²) in [5.74, 6) is 0. The summed E-state index contributed by atoms with van der Waals surface area (Å²) in [6.07, 6.45) is 0.944. The minimum Gasteiger partial charge on any atom is -0.396 e. The summed E-state index contributed by atoms with van der Waals surface area (Å²) in [5, 5.41) is 9.55. The van der Waals surface area contributed by atoms with Crippen LogP contribution in [0.5, 0.6) is 0 Å². The van der Waals surface area contributed by atoms with E-state index < -0.39 is 0 Å². The number of anilines is 1. The van der Waals surface area contributed by atoms with Gasteiger partial charge in [-0.3, -0.25) is 0 Å². The van der Waals surface area contributed by atoms with Crippen LogP contribution >= 0.6 is 0 Å². The quantitative estimate of drug-likeness (QED) is 0.864. The highest BCUT2D eigenvalue weighted by molar-refractivity contribution is 5.47. The number of aliphatic hydroxyl groups excluding tert-OH is 1. The van der Waals surface area contributed by atoms with Gasteiger partial charge in [-0.05, 0) is 25.5 Å². The SMILES string of the molecule is Cc1ccc(N(C)CC2(CO)CCOC2)cc1. The van der Waals surface area contributed by atoms with Gasteiger partial charge in [-0.15, -0.1) is 0 Å². The summed E-state index contributed by atoms with van der Waals surface area (Å²) < 4.78 is 5.42. The van der Waals surface area contributed by atoms with Gasteiger partial charge in [0.1, 0.15) is 0 Å². The van der Waals surface area contributed by atoms with Gasteiger partial charge in [-0.25, -0.2) is 0 Å². The molecule has 3 heteroatoms. The normalized spacial score (nSPS) is 23.9. The molecule has 1 saturated heterocycles. The maximum atomic E-state index is 9.55. The molecule has 1 heterocycles. The van der Waals surface area contributed by atoms with Crippen molar-refractivity contribution in [3.8, 4) is 0 Å². The molecule has 0 saturated carbocycles. The van der Waals surface area contributed by atoms with E-state index in [0.29, 0.717) is 6.61 Å². The van der Waals surface area contributed by atoms with Gasteiger partial charge in [0.2, 0.25) is 0 Å². The Kier molecular flexibility index (Phi) is 3.69. The largest absolute Gasteiger partial charge is 0.396 e. The lowest BCUT2D eigenvalue weighted by atomic mass is 9.87. The van der Waals surface area contributed by atoms with E-state index in [-0.39, 0.29) is 12.0 Å². The van der Waals surface area contributed by atoms with Crippen molar-refractivity contribution >= 4 is 5.69 Å². The number of aryl methyl sites for hydroxylation is 1. The van der Waals surface area contributed by atoms with Crippen molar-refractivity contribution in [2.24, 2.45) is 5.41 Å². The Morgan fingerprint density at radius 3 is 2.59 bits per heavy atom. The van der Waals surface area contributed by atoms with Crippen LogP contribution in [-0.4, -0.2) is 38.5 Å². The molecule has 17 heavy (non-hydrogen) atoms. The van der Waals surface area contributed by atoms with Crippen molar-refractivity contribution in [2.45, 2.75) is 13.3 Å². The van der Waals surface area contributed by atoms with Crippen molar-refractivity contribution in [1.82, 2.24) is 0 Å². The van der Waals surface area contributed by atoms with E-state index in [1.807, 2.05) is 0 Å². The Morgan fingerprint density at radius 2 is 2.06 bits per heavy atom. The molecule has 0 bridgehead atoms. The van der Waals surface area contributed by atoms with Crippen LogP contribution in [0.3, 0.4) is 0 Å². The van der Waals surface area contributed by atoms with E-state index in [4.69, 9.17) is 4.74 Å². The van der Waals surface area contributed by atoms with Gasteiger partial charge < -0.3 is 14.7 Å². The second kappa shape index (κ2) is 5.07. The highest BCUT2D eigenvalue weighted by Gasteiger charge is 2.35. The highest BCUT2D eigenvalue weighted by atomic mass is 16.5. The molecule has 1 atom stereocenters. The summed E-state index contributed by atoms with van der Waals surface area (Å²) in [7, 11) is 2.07. The Bertz CT molecular complexity index is 355. The van der Waals surface area contributed by atoms with Crippen molar-refractivity contribution in [1.29, 1.82) is 0 Å². The lowest BCUT2D eigenvalue weighted by molar-refractivity contribution is 0.0986. The van der Waals surface area contributed by atoms with Crippen LogP contribution in [0.4, 0.5) is 5.69 Å². The third-order valence-electron chi connectivity index (χ3n) is 3.57. The molecule has 1 fully saturated rings. The van der Waals surface area contributed by atoms with Gasteiger partial charge in [-0.2, -0.15) is 0 Å². The Hall–Kier alpha value is -1.06. The van der Waals surface area contributed by atoms with E-state index in [1.165, 1.54) is 11.3 Å². The standard InChI is InChI=1S/C14H21NO2/c1-12-3-5-13(6-4-12)15(2)9-14(10-16)7-8-17-11-14/h3-6,16H,7-11H2,1-2H3. The van der Waals surface area contributed by atoms with Crippen molar-refractivity contribution in [3.05, 3.63) is 29.8 Å². The number of ether oxygens (including phenoxy) is 1. The molecule has 0 aromatic heterocycles. The molecule has 1 aromatic rings. The zero-order valence-corrected chi connectivity index (χ0v) is 10.6. The molecule has 1 unspecified atom stereocenters. The molecular formula is C14H21NO2. The van der Waals surface area contributed by atoms with Gasteiger partial charge >= 0.3 is 0 Å². The third kappa shape index (κ3) is 2.79. The topological polar surface area (TPSA) is 32.7 Å². The number of rotatable bonds is 4. The molecule has 1 aliphatic rings. The molecule has 1 aromatic carbocycles. The fraction of sp³-hybridized carbons (Fsp3) is 0.571. The van der Waals surface area contributed by atoms with Crippen LogP contribution < -0.4 is 4.90 Å². The first kappa shape index (κ1) is 12.4. The molecular weight excluding hydrogens is 214 g/mol. The fourth-order valence-electron chi connectivity index (χ4n) is 2.34. The first-order valence-corrected chi connectivity index (χ1v) is 6.12. The molecule has 2 rings (SSSR count). The first-order chi connectivity index (χ1) is 8.15. The third-order valence-corrected chi connectivity index (χ3v) is 3.57. The smallest absolute Gasteiger partial charge is 0.0562 e. The Labute approximate surface area is 103 Å². The lowest BCUT2D eigenvalue weighted by Gasteiger charge is -2.31. The van der Waals surface area contributed by atoms with Gasteiger partial charge in [-0.1, -0.05) is 17.7 Å². The number of hydrogen-bond donors (Lipinski definition) is 1. The fourth-order valence-corrected chi connectivity index (χ4v) is 2.34. The van der Waals surface area contributed by atoms with E-state index >= 15 is 0 Å². The molecule has 0 amide bonds. The lowest BCUT2D eigenvalue weighted by Crippen LogP contribution is -2.39. The summed E-state index contributed by atoms with van der Waals surface area (Å²) in [6.45, 7) is 4.56. The molecule has 1 aliphatic heterocycles. The van der Waals surface area contributed by atoms with Crippen molar-refractivity contribution in [2.75, 3.05) is 38.3 Å². The zero-order valence-electron chi connectivity index (χ0n) is 10.6. The molecule has 0 aliphatic carbocycles. The number of hydrogen-bond acceptors (Lipinski definition) is 3. The van der Waals surface area contributed by atoms with E-state index in [0.717, 1.165) is 19.6 Å². The predicted molar refractivity (Wildman–Crippen MR) is 69.4 cm³/mol. The second-order valence-corrected chi connectivity index (χ2v) is 5.15. The van der Waals surface area contributed by atoms with Crippen molar-refractivity contribution in [3.63, 3.8) is 0 Å². The van der Waals surface area contributed by atoms with Gasteiger partial charge in [0, 0.05) is 31.3 Å². The minimum absolute atomic E-state index is 0.0837. The van der Waals surface area contributed by atoms with Gasteiger partial charge in [0.15, 0.2) is 0 Å². The highest BCUT2D eigenvalue weighted by Crippen LogP contribution is 2.30. The maximum absolute atomic E-state index is 9.55. The maximum Gasteiger partial charge on any atom is 0.0562 e. The average Bonchev–Trinajstić information content (AvgIpc) is 2.79. The number of nitrogens with zero attached hydrogens (tertiary/aromatic N) is 1.